The van der Waals surface area contributed by atoms with Crippen LogP contribution in [0.2, 0.25) is 0 Å². The van der Waals surface area contributed by atoms with Crippen molar-refractivity contribution < 1.29 is 24.2 Å². The van der Waals surface area contributed by atoms with E-state index in [0.29, 0.717) is 12.3 Å². The Balaban J connectivity index is 1.91. The highest BCUT2D eigenvalue weighted by Gasteiger charge is 2.44. The number of hydrogen-bond donors (Lipinski definition) is 1. The summed E-state index contributed by atoms with van der Waals surface area (Å²) in [7, 11) is 0. The van der Waals surface area contributed by atoms with E-state index in [1.165, 1.54) is 11.6 Å². The zero-order valence-electron chi connectivity index (χ0n) is 24.8. The summed E-state index contributed by atoms with van der Waals surface area (Å²) < 4.78 is 11.7. The predicted molar refractivity (Wildman–Crippen MR) is 154 cm³/mol. The second-order valence-electron chi connectivity index (χ2n) is 11.8. The maximum Gasteiger partial charge on any atom is 0.331 e. The van der Waals surface area contributed by atoms with Crippen molar-refractivity contribution in [2.75, 3.05) is 6.61 Å². The number of carbonyl (C=O) groups excluding carboxylic acids is 2. The standard InChI is InChI=1S/C33H50O5/c1-9-28(14-15-29-24(4)13-16-30(35)37-29)20-23(3)12-10-11-22(2)19-25(5)31(36)27(7)32-26(6)21-33(8,38-32)17-18-34/h10-11,13-16,19-20,23-27,29,32,34H,9,12,17-18,21H2,1-8H3. The first-order chi connectivity index (χ1) is 17.9. The molecule has 0 aromatic heterocycles. The van der Waals surface area contributed by atoms with Gasteiger partial charge in [-0.25, -0.2) is 4.79 Å². The van der Waals surface area contributed by atoms with Gasteiger partial charge >= 0.3 is 5.97 Å². The maximum absolute atomic E-state index is 13.2. The molecule has 38 heavy (non-hydrogen) atoms. The molecule has 0 saturated carbocycles. The quantitative estimate of drug-likeness (QED) is 0.208. The first kappa shape index (κ1) is 32.0. The maximum atomic E-state index is 13.2. The highest BCUT2D eigenvalue weighted by Crippen LogP contribution is 2.40. The molecule has 5 nitrogen and oxygen atoms in total. The fourth-order valence-corrected chi connectivity index (χ4v) is 5.64. The molecule has 2 aliphatic heterocycles. The van der Waals surface area contributed by atoms with Crippen molar-refractivity contribution in [2.24, 2.45) is 29.6 Å². The zero-order chi connectivity index (χ0) is 28.5. The molecule has 212 valence electrons. The number of esters is 1. The van der Waals surface area contributed by atoms with Gasteiger partial charge in [-0.3, -0.25) is 4.79 Å². The Hall–Kier alpha value is -2.24. The summed E-state index contributed by atoms with van der Waals surface area (Å²) in [5.74, 6) is 0.374. The lowest BCUT2D eigenvalue weighted by molar-refractivity contribution is -0.143. The van der Waals surface area contributed by atoms with Gasteiger partial charge < -0.3 is 14.6 Å². The first-order valence-electron chi connectivity index (χ1n) is 14.3. The van der Waals surface area contributed by atoms with E-state index in [2.05, 4.69) is 45.1 Å². The molecule has 2 heterocycles. The molecule has 2 rings (SSSR count). The summed E-state index contributed by atoms with van der Waals surface area (Å²) in [6.45, 7) is 16.6. The molecule has 0 aliphatic carbocycles. The number of rotatable bonds is 13. The second kappa shape index (κ2) is 14.8. The van der Waals surface area contributed by atoms with Gasteiger partial charge in [-0.05, 0) is 57.4 Å². The minimum atomic E-state index is -0.345. The summed E-state index contributed by atoms with van der Waals surface area (Å²) in [5.41, 5.74) is 1.96. The van der Waals surface area contributed by atoms with Crippen molar-refractivity contribution in [1.29, 1.82) is 0 Å². The molecule has 1 saturated heterocycles. The minimum Gasteiger partial charge on any atom is -0.454 e. The molecule has 0 aromatic carbocycles. The van der Waals surface area contributed by atoms with Crippen LogP contribution in [0.3, 0.4) is 0 Å². The fourth-order valence-electron chi connectivity index (χ4n) is 5.64. The Morgan fingerprint density at radius 1 is 1.21 bits per heavy atom. The monoisotopic (exact) mass is 526 g/mol. The molecule has 0 amide bonds. The van der Waals surface area contributed by atoms with Gasteiger partial charge in [0.15, 0.2) is 0 Å². The smallest absolute Gasteiger partial charge is 0.331 e. The van der Waals surface area contributed by atoms with E-state index < -0.39 is 0 Å². The molecule has 0 spiro atoms. The molecule has 8 unspecified atom stereocenters. The Labute approximate surface area is 230 Å². The van der Waals surface area contributed by atoms with Gasteiger partial charge in [0.05, 0.1) is 11.7 Å². The lowest BCUT2D eigenvalue weighted by Gasteiger charge is -2.27. The van der Waals surface area contributed by atoms with Crippen molar-refractivity contribution in [3.05, 3.63) is 59.8 Å². The van der Waals surface area contributed by atoms with Crippen LogP contribution in [0.1, 0.15) is 81.1 Å². The Kier molecular flexibility index (Phi) is 12.4. The van der Waals surface area contributed by atoms with Crippen LogP contribution >= 0.6 is 0 Å². The average Bonchev–Trinajstić information content (AvgIpc) is 3.16. The average molecular weight is 527 g/mol. The minimum absolute atomic E-state index is 0.0997. The molecule has 8 atom stereocenters. The molecule has 1 N–H and O–H groups in total. The number of aliphatic hydroxyl groups is 1. The Morgan fingerprint density at radius 3 is 2.58 bits per heavy atom. The largest absolute Gasteiger partial charge is 0.454 e. The van der Waals surface area contributed by atoms with Crippen LogP contribution in [-0.4, -0.2) is 41.3 Å². The number of aliphatic hydroxyl groups excluding tert-OH is 1. The van der Waals surface area contributed by atoms with Crippen molar-refractivity contribution in [2.45, 2.75) is 98.9 Å². The predicted octanol–water partition coefficient (Wildman–Crippen LogP) is 6.93. The molecule has 1 fully saturated rings. The van der Waals surface area contributed by atoms with Gasteiger partial charge in [0, 0.05) is 30.4 Å². The van der Waals surface area contributed by atoms with Gasteiger partial charge in [-0.2, -0.15) is 0 Å². The van der Waals surface area contributed by atoms with E-state index in [0.717, 1.165) is 24.8 Å². The van der Waals surface area contributed by atoms with Crippen LogP contribution in [0.5, 0.6) is 0 Å². The summed E-state index contributed by atoms with van der Waals surface area (Å²) in [4.78, 5) is 24.7. The summed E-state index contributed by atoms with van der Waals surface area (Å²) in [5, 5.41) is 9.37. The number of Topliss-reactive ketones (excluding diaryl/α,β-unsaturated/α-hetero) is 1. The van der Waals surface area contributed by atoms with Gasteiger partial charge in [-0.15, -0.1) is 0 Å². The summed E-state index contributed by atoms with van der Waals surface area (Å²) in [6, 6.07) is 0. The highest BCUT2D eigenvalue weighted by molar-refractivity contribution is 5.85. The van der Waals surface area contributed by atoms with E-state index in [1.54, 1.807) is 0 Å². The molecule has 0 radical (unpaired) electrons. The van der Waals surface area contributed by atoms with Gasteiger partial charge in [-0.1, -0.05) is 89.1 Å². The van der Waals surface area contributed by atoms with Crippen LogP contribution in [0, 0.1) is 29.6 Å². The third-order valence-corrected chi connectivity index (χ3v) is 7.88. The SMILES string of the molecule is CCC(C=CC1OC(=O)C=CC1C)=CC(C)CC=CC(C)=CC(C)C(=O)C(C)C1OC(C)(CCO)CC1C. The number of ketones is 1. The topological polar surface area (TPSA) is 72.8 Å². The summed E-state index contributed by atoms with van der Waals surface area (Å²) in [6.07, 6.45) is 19.0. The van der Waals surface area contributed by atoms with Gasteiger partial charge in [0.25, 0.3) is 0 Å². The number of ether oxygens (including phenoxy) is 2. The van der Waals surface area contributed by atoms with E-state index >= 15 is 0 Å². The number of carbonyl (C=O) groups is 2. The zero-order valence-corrected chi connectivity index (χ0v) is 24.8. The van der Waals surface area contributed by atoms with E-state index in [1.807, 2.05) is 52.8 Å². The van der Waals surface area contributed by atoms with Crippen molar-refractivity contribution in [3.8, 4) is 0 Å². The van der Waals surface area contributed by atoms with Crippen LogP contribution in [0.15, 0.2) is 59.8 Å². The summed E-state index contributed by atoms with van der Waals surface area (Å²) >= 11 is 0. The molecule has 2 aliphatic rings. The molecular formula is C33H50O5. The van der Waals surface area contributed by atoms with E-state index in [9.17, 15) is 14.7 Å². The number of cyclic esters (lactones) is 1. The Morgan fingerprint density at radius 2 is 1.92 bits per heavy atom. The normalized spacial score (nSPS) is 31.1. The van der Waals surface area contributed by atoms with Crippen LogP contribution in [0.25, 0.3) is 0 Å². The Bertz CT molecular complexity index is 954. The highest BCUT2D eigenvalue weighted by atomic mass is 16.5. The first-order valence-corrected chi connectivity index (χ1v) is 14.3. The van der Waals surface area contributed by atoms with Gasteiger partial charge in [0.2, 0.25) is 0 Å². The second-order valence-corrected chi connectivity index (χ2v) is 11.8. The molecule has 5 heteroatoms. The third-order valence-electron chi connectivity index (χ3n) is 7.88. The number of hydrogen-bond acceptors (Lipinski definition) is 5. The lowest BCUT2D eigenvalue weighted by Crippen LogP contribution is -2.34. The van der Waals surface area contributed by atoms with Crippen molar-refractivity contribution >= 4 is 11.8 Å². The lowest BCUT2D eigenvalue weighted by atomic mass is 9.83. The van der Waals surface area contributed by atoms with Crippen LogP contribution in [0.4, 0.5) is 0 Å². The molecular weight excluding hydrogens is 476 g/mol. The van der Waals surface area contributed by atoms with E-state index in [4.69, 9.17) is 9.47 Å². The van der Waals surface area contributed by atoms with Crippen molar-refractivity contribution in [1.82, 2.24) is 0 Å². The number of allylic oxidation sites excluding steroid dienone is 7. The van der Waals surface area contributed by atoms with Crippen molar-refractivity contribution in [3.63, 3.8) is 0 Å². The van der Waals surface area contributed by atoms with Gasteiger partial charge in [0.1, 0.15) is 11.9 Å². The third kappa shape index (κ3) is 9.50. The molecule has 0 aromatic rings. The van der Waals surface area contributed by atoms with Crippen LogP contribution < -0.4 is 0 Å². The van der Waals surface area contributed by atoms with Crippen LogP contribution in [-0.2, 0) is 19.1 Å². The fraction of sp³-hybridized carbons (Fsp3) is 0.636. The van der Waals surface area contributed by atoms with E-state index in [-0.39, 0.29) is 59.8 Å². The molecule has 0 bridgehead atoms.